The number of nitrogens with zero attached hydrogens (tertiary/aromatic N) is 1. The number of carbonyl (C=O) groups is 2. The summed E-state index contributed by atoms with van der Waals surface area (Å²) in [4.78, 5) is 24.6. The highest BCUT2D eigenvalue weighted by Crippen LogP contribution is 1.93. The van der Waals surface area contributed by atoms with Crippen LogP contribution in [0, 0.1) is 0 Å². The molecule has 8 nitrogen and oxygen atoms in total. The largest absolute Gasteiger partial charge is 0.347 e. The minimum absolute atomic E-state index is 0.0689. The van der Waals surface area contributed by atoms with Crippen LogP contribution in [0.25, 0.3) is 0 Å². The molecule has 0 aromatic carbocycles. The van der Waals surface area contributed by atoms with E-state index in [-0.39, 0.29) is 13.1 Å². The summed E-state index contributed by atoms with van der Waals surface area (Å²) in [6.45, 7) is 2.52. The molecule has 18 heavy (non-hydrogen) atoms. The maximum Gasteiger partial charge on any atom is 0.311 e. The predicted octanol–water partition coefficient (Wildman–Crippen LogP) is -2.92. The minimum Gasteiger partial charge on any atom is -0.347 e. The number of hydrogen-bond donors (Lipinski definition) is 3. The van der Waals surface area contributed by atoms with Gasteiger partial charge >= 0.3 is 11.8 Å². The lowest BCUT2D eigenvalue weighted by Crippen LogP contribution is -2.51. The molecule has 3 N–H and O–H groups in total. The van der Waals surface area contributed by atoms with E-state index in [1.165, 1.54) is 4.90 Å². The molecule has 0 unspecified atom stereocenters. The predicted molar refractivity (Wildman–Crippen MR) is 65.3 cm³/mol. The van der Waals surface area contributed by atoms with E-state index in [1.54, 1.807) is 0 Å². The lowest BCUT2D eigenvalue weighted by molar-refractivity contribution is -0.146. The molecule has 1 heterocycles. The number of piperazine rings is 1. The van der Waals surface area contributed by atoms with E-state index in [0.29, 0.717) is 26.2 Å². The van der Waals surface area contributed by atoms with Gasteiger partial charge in [0.25, 0.3) is 0 Å². The molecule has 9 heteroatoms. The van der Waals surface area contributed by atoms with Gasteiger partial charge in [0.05, 0.1) is 6.26 Å². The van der Waals surface area contributed by atoms with Crippen molar-refractivity contribution in [3.63, 3.8) is 0 Å². The Labute approximate surface area is 106 Å². The summed E-state index contributed by atoms with van der Waals surface area (Å²) in [5, 5.41) is 5.45. The number of nitrogens with one attached hydrogen (secondary N) is 3. The topological polar surface area (TPSA) is 108 Å². The first-order valence-electron chi connectivity index (χ1n) is 5.62. The number of amides is 2. The molecule has 0 atom stereocenters. The molecule has 0 radical (unpaired) electrons. The van der Waals surface area contributed by atoms with E-state index in [1.807, 2.05) is 0 Å². The Morgan fingerprint density at radius 3 is 2.39 bits per heavy atom. The standard InChI is InChI=1S/C9H18N4O4S/c1-18(16,17)12-3-2-11-8(14)9(15)13-6-4-10-5-7-13/h10,12H,2-7H2,1H3,(H,11,14). The summed E-state index contributed by atoms with van der Waals surface area (Å²) in [6.07, 6.45) is 1.03. The van der Waals surface area contributed by atoms with Gasteiger partial charge in [0.1, 0.15) is 0 Å². The van der Waals surface area contributed by atoms with Crippen molar-refractivity contribution in [1.29, 1.82) is 0 Å². The second-order valence-corrected chi connectivity index (χ2v) is 5.80. The van der Waals surface area contributed by atoms with Crippen LogP contribution in [0.2, 0.25) is 0 Å². The van der Waals surface area contributed by atoms with Crippen LogP contribution in [0.15, 0.2) is 0 Å². The van der Waals surface area contributed by atoms with Crippen molar-refractivity contribution in [1.82, 2.24) is 20.3 Å². The van der Waals surface area contributed by atoms with Gasteiger partial charge in [-0.2, -0.15) is 0 Å². The molecule has 0 aromatic rings. The van der Waals surface area contributed by atoms with Crippen LogP contribution in [0.5, 0.6) is 0 Å². The molecule has 1 aliphatic rings. The first-order chi connectivity index (χ1) is 8.40. The Hall–Kier alpha value is -1.19. The lowest BCUT2D eigenvalue weighted by atomic mass is 10.3. The molecular formula is C9H18N4O4S. The fourth-order valence-electron chi connectivity index (χ4n) is 1.50. The van der Waals surface area contributed by atoms with E-state index in [0.717, 1.165) is 6.26 Å². The molecule has 0 aromatic heterocycles. The summed E-state index contributed by atoms with van der Waals surface area (Å²) in [6, 6.07) is 0. The first kappa shape index (κ1) is 14.9. The second kappa shape index (κ2) is 6.66. The number of rotatable bonds is 4. The third-order valence-corrected chi connectivity index (χ3v) is 3.10. The summed E-state index contributed by atoms with van der Waals surface area (Å²) >= 11 is 0. The maximum atomic E-state index is 11.6. The Kier molecular flexibility index (Phi) is 5.51. The van der Waals surface area contributed by atoms with Gasteiger partial charge in [-0.25, -0.2) is 13.1 Å². The molecule has 2 amide bonds. The molecule has 1 fully saturated rings. The fourth-order valence-corrected chi connectivity index (χ4v) is 1.97. The number of sulfonamides is 1. The zero-order valence-corrected chi connectivity index (χ0v) is 11.0. The molecule has 1 saturated heterocycles. The van der Waals surface area contributed by atoms with Gasteiger partial charge in [-0.3, -0.25) is 9.59 Å². The molecule has 0 aliphatic carbocycles. The monoisotopic (exact) mass is 278 g/mol. The molecule has 1 rings (SSSR count). The van der Waals surface area contributed by atoms with Crippen LogP contribution < -0.4 is 15.4 Å². The Morgan fingerprint density at radius 2 is 1.83 bits per heavy atom. The van der Waals surface area contributed by atoms with Crippen molar-refractivity contribution < 1.29 is 18.0 Å². The molecule has 0 spiro atoms. The van der Waals surface area contributed by atoms with Crippen LogP contribution in [-0.4, -0.2) is 70.7 Å². The van der Waals surface area contributed by atoms with Crippen LogP contribution in [0.3, 0.4) is 0 Å². The SMILES string of the molecule is CS(=O)(=O)NCCNC(=O)C(=O)N1CCNCC1. The van der Waals surface area contributed by atoms with Crippen molar-refractivity contribution in [3.05, 3.63) is 0 Å². The molecule has 0 saturated carbocycles. The lowest BCUT2D eigenvalue weighted by Gasteiger charge is -2.26. The fraction of sp³-hybridized carbons (Fsp3) is 0.778. The molecule has 1 aliphatic heterocycles. The van der Waals surface area contributed by atoms with Crippen LogP contribution in [-0.2, 0) is 19.6 Å². The van der Waals surface area contributed by atoms with Crippen LogP contribution in [0.1, 0.15) is 0 Å². The van der Waals surface area contributed by atoms with Crippen molar-refractivity contribution in [3.8, 4) is 0 Å². The quantitative estimate of drug-likeness (QED) is 0.377. The zero-order valence-electron chi connectivity index (χ0n) is 10.2. The second-order valence-electron chi connectivity index (χ2n) is 3.96. The highest BCUT2D eigenvalue weighted by atomic mass is 32.2. The van der Waals surface area contributed by atoms with Gasteiger partial charge in [0, 0.05) is 39.3 Å². The normalized spacial score (nSPS) is 16.4. The van der Waals surface area contributed by atoms with Crippen LogP contribution >= 0.6 is 0 Å². The van der Waals surface area contributed by atoms with Gasteiger partial charge < -0.3 is 15.5 Å². The van der Waals surface area contributed by atoms with Crippen LogP contribution in [0.4, 0.5) is 0 Å². The minimum atomic E-state index is -3.27. The van der Waals surface area contributed by atoms with Gasteiger partial charge in [0.2, 0.25) is 10.0 Å². The molecule has 104 valence electrons. The summed E-state index contributed by atoms with van der Waals surface area (Å²) in [5.74, 6) is -1.27. The van der Waals surface area contributed by atoms with E-state index in [4.69, 9.17) is 0 Å². The van der Waals surface area contributed by atoms with Crippen molar-refractivity contribution in [2.75, 3.05) is 45.5 Å². The zero-order chi connectivity index (χ0) is 13.6. The third-order valence-electron chi connectivity index (χ3n) is 2.37. The molecular weight excluding hydrogens is 260 g/mol. The summed E-state index contributed by atoms with van der Waals surface area (Å²) in [5.41, 5.74) is 0. The summed E-state index contributed by atoms with van der Waals surface area (Å²) < 4.78 is 23.7. The third kappa shape index (κ3) is 5.43. The van der Waals surface area contributed by atoms with E-state index in [2.05, 4.69) is 15.4 Å². The Morgan fingerprint density at radius 1 is 1.22 bits per heavy atom. The average molecular weight is 278 g/mol. The van der Waals surface area contributed by atoms with Gasteiger partial charge in [-0.05, 0) is 0 Å². The molecule has 0 bridgehead atoms. The van der Waals surface area contributed by atoms with Gasteiger partial charge in [-0.15, -0.1) is 0 Å². The first-order valence-corrected chi connectivity index (χ1v) is 7.52. The Bertz CT molecular complexity index is 403. The van der Waals surface area contributed by atoms with Gasteiger partial charge in [0.15, 0.2) is 0 Å². The smallest absolute Gasteiger partial charge is 0.311 e. The van der Waals surface area contributed by atoms with E-state index >= 15 is 0 Å². The Balaban J connectivity index is 2.25. The highest BCUT2D eigenvalue weighted by Gasteiger charge is 2.22. The summed E-state index contributed by atoms with van der Waals surface area (Å²) in [7, 11) is -3.27. The van der Waals surface area contributed by atoms with Crippen molar-refractivity contribution in [2.45, 2.75) is 0 Å². The average Bonchev–Trinajstić information content (AvgIpc) is 2.33. The highest BCUT2D eigenvalue weighted by molar-refractivity contribution is 7.88. The van der Waals surface area contributed by atoms with E-state index < -0.39 is 21.8 Å². The van der Waals surface area contributed by atoms with Crippen molar-refractivity contribution in [2.24, 2.45) is 0 Å². The number of hydrogen-bond acceptors (Lipinski definition) is 5. The van der Waals surface area contributed by atoms with E-state index in [9.17, 15) is 18.0 Å². The number of carbonyl (C=O) groups excluding carboxylic acids is 2. The van der Waals surface area contributed by atoms with Crippen molar-refractivity contribution >= 4 is 21.8 Å². The maximum absolute atomic E-state index is 11.6. The van der Waals surface area contributed by atoms with Gasteiger partial charge in [-0.1, -0.05) is 0 Å².